The van der Waals surface area contributed by atoms with E-state index in [0.29, 0.717) is 0 Å². The van der Waals surface area contributed by atoms with Gasteiger partial charge in [0.15, 0.2) is 0 Å². The quantitative estimate of drug-likeness (QED) is 0.485. The summed E-state index contributed by atoms with van der Waals surface area (Å²) in [7, 11) is 0. The van der Waals surface area contributed by atoms with Crippen LogP contribution in [0.4, 0.5) is 14.5 Å². The fourth-order valence-electron chi connectivity index (χ4n) is 0.761. The van der Waals surface area contributed by atoms with Crippen molar-refractivity contribution in [1.29, 1.82) is 0 Å². The van der Waals surface area contributed by atoms with E-state index in [4.69, 9.17) is 10.8 Å². The summed E-state index contributed by atoms with van der Waals surface area (Å²) in [6, 6.07) is 3.77. The summed E-state index contributed by atoms with van der Waals surface area (Å²) in [6.45, 7) is 0. The molecule has 1 aromatic carbocycles. The predicted octanol–water partition coefficient (Wildman–Crippen LogP) is 1.91. The zero-order chi connectivity index (χ0) is 8.43. The van der Waals surface area contributed by atoms with E-state index in [0.717, 1.165) is 0 Å². The van der Waals surface area contributed by atoms with Gasteiger partial charge in [-0.15, -0.1) is 0 Å². The van der Waals surface area contributed by atoms with Gasteiger partial charge in [0.2, 0.25) is 0 Å². The summed E-state index contributed by atoms with van der Waals surface area (Å²) in [4.78, 5) is 0. The second kappa shape index (κ2) is 2.74. The zero-order valence-corrected chi connectivity index (χ0v) is 5.59. The lowest BCUT2D eigenvalue weighted by molar-refractivity contribution is 0.152. The number of nitrogen functional groups attached to an aromatic ring is 1. The maximum absolute atomic E-state index is 12.0. The molecule has 60 valence electrons. The number of phenols is 1. The number of hydrogen-bond acceptors (Lipinski definition) is 2. The Labute approximate surface area is 62.3 Å². The van der Waals surface area contributed by atoms with E-state index in [2.05, 4.69) is 0 Å². The van der Waals surface area contributed by atoms with Gasteiger partial charge in [0.05, 0.1) is 5.69 Å². The number of nitrogens with two attached hydrogens (primary N) is 1. The molecular formula is C7H7F2NO. The standard InChI is InChI=1S/C7H7F2NO/c8-7(9)4-2-1-3-5(11)6(4)10/h1-3,7,11H,10H2. The van der Waals surface area contributed by atoms with Crippen LogP contribution in [0.25, 0.3) is 0 Å². The molecule has 0 unspecified atom stereocenters. The Bertz CT molecular complexity index is 263. The first-order valence-electron chi connectivity index (χ1n) is 2.98. The molecule has 0 aliphatic heterocycles. The lowest BCUT2D eigenvalue weighted by Gasteiger charge is -2.04. The Hall–Kier alpha value is -1.32. The summed E-state index contributed by atoms with van der Waals surface area (Å²) in [6.07, 6.45) is -2.64. The molecule has 3 N–H and O–H groups in total. The molecule has 1 aromatic rings. The summed E-state index contributed by atoms with van der Waals surface area (Å²) in [5.41, 5.74) is 4.58. The summed E-state index contributed by atoms with van der Waals surface area (Å²) < 4.78 is 24.0. The van der Waals surface area contributed by atoms with Crippen molar-refractivity contribution in [3.8, 4) is 5.75 Å². The summed E-state index contributed by atoms with van der Waals surface area (Å²) >= 11 is 0. The van der Waals surface area contributed by atoms with Gasteiger partial charge in [-0.3, -0.25) is 0 Å². The third-order valence-corrected chi connectivity index (χ3v) is 1.35. The van der Waals surface area contributed by atoms with E-state index >= 15 is 0 Å². The Morgan fingerprint density at radius 3 is 2.45 bits per heavy atom. The molecule has 0 bridgehead atoms. The SMILES string of the molecule is Nc1c(O)cccc1C(F)F. The number of aromatic hydroxyl groups is 1. The van der Waals surface area contributed by atoms with E-state index in [1.54, 1.807) is 0 Å². The third-order valence-electron chi connectivity index (χ3n) is 1.35. The highest BCUT2D eigenvalue weighted by atomic mass is 19.3. The number of benzene rings is 1. The number of hydrogen-bond donors (Lipinski definition) is 2. The van der Waals surface area contributed by atoms with Crippen LogP contribution >= 0.6 is 0 Å². The number of phenolic OH excluding ortho intramolecular Hbond substituents is 1. The van der Waals surface area contributed by atoms with Gasteiger partial charge >= 0.3 is 0 Å². The Morgan fingerprint density at radius 1 is 1.36 bits per heavy atom. The second-order valence-corrected chi connectivity index (χ2v) is 2.08. The van der Waals surface area contributed by atoms with Crippen LogP contribution in [-0.2, 0) is 0 Å². The van der Waals surface area contributed by atoms with Gasteiger partial charge in [-0.1, -0.05) is 12.1 Å². The molecule has 0 amide bonds. The topological polar surface area (TPSA) is 46.2 Å². The lowest BCUT2D eigenvalue weighted by Crippen LogP contribution is -1.94. The smallest absolute Gasteiger partial charge is 0.265 e. The largest absolute Gasteiger partial charge is 0.506 e. The van der Waals surface area contributed by atoms with E-state index in [1.807, 2.05) is 0 Å². The minimum Gasteiger partial charge on any atom is -0.506 e. The highest BCUT2D eigenvalue weighted by molar-refractivity contribution is 5.57. The summed E-state index contributed by atoms with van der Waals surface area (Å²) in [5.74, 6) is -0.303. The van der Waals surface area contributed by atoms with Gasteiger partial charge in [-0.2, -0.15) is 0 Å². The fourth-order valence-corrected chi connectivity index (χ4v) is 0.761. The first-order valence-corrected chi connectivity index (χ1v) is 2.98. The first-order chi connectivity index (χ1) is 5.13. The molecule has 0 saturated carbocycles. The first kappa shape index (κ1) is 7.78. The second-order valence-electron chi connectivity index (χ2n) is 2.08. The molecule has 11 heavy (non-hydrogen) atoms. The average molecular weight is 159 g/mol. The van der Waals surface area contributed by atoms with Crippen LogP contribution in [0.15, 0.2) is 18.2 Å². The molecule has 0 aromatic heterocycles. The number of halogens is 2. The summed E-state index contributed by atoms with van der Waals surface area (Å²) in [5, 5.41) is 8.89. The van der Waals surface area contributed by atoms with Gasteiger partial charge in [-0.25, -0.2) is 8.78 Å². The van der Waals surface area contributed by atoms with Crippen LogP contribution < -0.4 is 5.73 Å². The van der Waals surface area contributed by atoms with Crippen molar-refractivity contribution < 1.29 is 13.9 Å². The van der Waals surface area contributed by atoms with Crippen molar-refractivity contribution in [2.75, 3.05) is 5.73 Å². The molecule has 4 heteroatoms. The maximum Gasteiger partial charge on any atom is 0.265 e. The van der Waals surface area contributed by atoms with E-state index in [-0.39, 0.29) is 17.0 Å². The molecule has 0 spiro atoms. The third kappa shape index (κ3) is 1.39. The normalized spacial score (nSPS) is 10.5. The molecule has 0 fully saturated rings. The monoisotopic (exact) mass is 159 g/mol. The molecule has 0 aliphatic carbocycles. The number of alkyl halides is 2. The minimum absolute atomic E-state index is 0.248. The van der Waals surface area contributed by atoms with Crippen LogP contribution in [0.2, 0.25) is 0 Å². The van der Waals surface area contributed by atoms with Crippen LogP contribution in [0.5, 0.6) is 5.75 Å². The molecule has 0 radical (unpaired) electrons. The number of para-hydroxylation sites is 1. The Morgan fingerprint density at radius 2 is 2.00 bits per heavy atom. The van der Waals surface area contributed by atoms with Gasteiger partial charge < -0.3 is 10.8 Å². The fraction of sp³-hybridized carbons (Fsp3) is 0.143. The lowest BCUT2D eigenvalue weighted by atomic mass is 10.2. The molecule has 0 atom stereocenters. The van der Waals surface area contributed by atoms with E-state index in [9.17, 15) is 8.78 Å². The maximum atomic E-state index is 12.0. The van der Waals surface area contributed by atoms with E-state index < -0.39 is 6.43 Å². The Kier molecular flexibility index (Phi) is 1.94. The van der Waals surface area contributed by atoms with Crippen LogP contribution in [0, 0.1) is 0 Å². The number of anilines is 1. The van der Waals surface area contributed by atoms with Crippen LogP contribution in [0.1, 0.15) is 12.0 Å². The zero-order valence-electron chi connectivity index (χ0n) is 5.59. The van der Waals surface area contributed by atoms with Crippen molar-refractivity contribution in [1.82, 2.24) is 0 Å². The molecule has 2 nitrogen and oxygen atoms in total. The molecule has 1 rings (SSSR count). The van der Waals surface area contributed by atoms with Crippen LogP contribution in [0.3, 0.4) is 0 Å². The Balaban J connectivity index is 3.17. The van der Waals surface area contributed by atoms with Crippen molar-refractivity contribution in [2.45, 2.75) is 6.43 Å². The molecule has 0 heterocycles. The number of rotatable bonds is 1. The average Bonchev–Trinajstić information content (AvgIpc) is 1.94. The van der Waals surface area contributed by atoms with Crippen molar-refractivity contribution in [2.24, 2.45) is 0 Å². The highest BCUT2D eigenvalue weighted by Crippen LogP contribution is 2.30. The van der Waals surface area contributed by atoms with E-state index in [1.165, 1.54) is 18.2 Å². The van der Waals surface area contributed by atoms with Gasteiger partial charge in [0.1, 0.15) is 5.75 Å². The predicted molar refractivity (Wildman–Crippen MR) is 37.5 cm³/mol. The van der Waals surface area contributed by atoms with Gasteiger partial charge in [0, 0.05) is 5.56 Å². The minimum atomic E-state index is -2.64. The highest BCUT2D eigenvalue weighted by Gasteiger charge is 2.12. The van der Waals surface area contributed by atoms with Gasteiger partial charge in [-0.05, 0) is 6.07 Å². The molecular weight excluding hydrogens is 152 g/mol. The molecule has 0 saturated heterocycles. The van der Waals surface area contributed by atoms with Crippen molar-refractivity contribution in [3.05, 3.63) is 23.8 Å². The van der Waals surface area contributed by atoms with Crippen molar-refractivity contribution in [3.63, 3.8) is 0 Å². The van der Waals surface area contributed by atoms with Crippen molar-refractivity contribution >= 4 is 5.69 Å². The van der Waals surface area contributed by atoms with Gasteiger partial charge in [0.25, 0.3) is 6.43 Å². The molecule has 0 aliphatic rings. The van der Waals surface area contributed by atoms with Crippen LogP contribution in [-0.4, -0.2) is 5.11 Å².